The first-order chi connectivity index (χ1) is 18.3. The van der Waals surface area contributed by atoms with Crippen LogP contribution < -0.4 is 14.2 Å². The van der Waals surface area contributed by atoms with Crippen LogP contribution in [-0.4, -0.2) is 57.5 Å². The van der Waals surface area contributed by atoms with E-state index >= 15 is 0 Å². The van der Waals surface area contributed by atoms with Gasteiger partial charge in [0.2, 0.25) is 0 Å². The van der Waals surface area contributed by atoms with Gasteiger partial charge in [0.15, 0.2) is 11.5 Å². The largest absolute Gasteiger partial charge is 0.487 e. The summed E-state index contributed by atoms with van der Waals surface area (Å²) < 4.78 is 27.9. The van der Waals surface area contributed by atoms with Gasteiger partial charge < -0.3 is 23.7 Å². The van der Waals surface area contributed by atoms with Crippen molar-refractivity contribution >= 4 is 11.3 Å². The Morgan fingerprint density at radius 3 is 2.43 bits per heavy atom. The summed E-state index contributed by atoms with van der Waals surface area (Å²) in [6.07, 6.45) is 0.761. The molecule has 0 fully saturated rings. The lowest BCUT2D eigenvalue weighted by Crippen LogP contribution is -2.09. The number of ether oxygens (including phenoxy) is 5. The van der Waals surface area contributed by atoms with Crippen molar-refractivity contribution in [2.24, 2.45) is 0 Å². The topological polar surface area (TPSA) is 74.8 Å². The van der Waals surface area contributed by atoms with Gasteiger partial charge >= 0.3 is 0 Å². The predicted molar refractivity (Wildman–Crippen MR) is 144 cm³/mol. The standard InChI is InChI=1S/C29H28N2O5S/c1-32-11-13-35-26-17-20-16-25-28(30-31-29(25)24(20)18-27(26)36-14-12-33-2)21-15-23(37-19-21)9-6-10-34-22-7-4-3-5-8-22/h3-5,7-8,15,17-19H,10-14,16H2,1-2H3,(H,30,31). The molecule has 8 heteroatoms. The number of hydrogen-bond acceptors (Lipinski definition) is 7. The second kappa shape index (κ2) is 12.0. The Labute approximate surface area is 220 Å². The molecular formula is C29H28N2O5S. The number of para-hydroxylation sites is 1. The Hall–Kier alpha value is -3.77. The van der Waals surface area contributed by atoms with Gasteiger partial charge in [-0.2, -0.15) is 5.10 Å². The zero-order valence-corrected chi connectivity index (χ0v) is 21.7. The average Bonchev–Trinajstić information content (AvgIpc) is 3.63. The van der Waals surface area contributed by atoms with E-state index in [1.54, 1.807) is 25.6 Å². The molecule has 5 rings (SSSR count). The summed E-state index contributed by atoms with van der Waals surface area (Å²) >= 11 is 1.60. The molecule has 1 aliphatic carbocycles. The number of methoxy groups -OCH3 is 2. The number of nitrogens with zero attached hydrogens (tertiary/aromatic N) is 1. The van der Waals surface area contributed by atoms with Crippen molar-refractivity contribution in [2.75, 3.05) is 47.3 Å². The van der Waals surface area contributed by atoms with Gasteiger partial charge in [-0.05, 0) is 35.9 Å². The molecule has 190 valence electrons. The zero-order valence-electron chi connectivity index (χ0n) is 20.8. The van der Waals surface area contributed by atoms with Crippen LogP contribution >= 0.6 is 11.3 Å². The molecule has 1 N–H and O–H groups in total. The zero-order chi connectivity index (χ0) is 25.5. The maximum absolute atomic E-state index is 5.97. The number of H-pyrrole nitrogens is 1. The Morgan fingerprint density at radius 2 is 1.68 bits per heavy atom. The van der Waals surface area contributed by atoms with E-state index < -0.39 is 0 Å². The molecule has 2 heterocycles. The van der Waals surface area contributed by atoms with E-state index in [4.69, 9.17) is 23.7 Å². The van der Waals surface area contributed by atoms with Crippen molar-refractivity contribution in [1.29, 1.82) is 0 Å². The van der Waals surface area contributed by atoms with Gasteiger partial charge in [-0.15, -0.1) is 11.3 Å². The van der Waals surface area contributed by atoms with Crippen molar-refractivity contribution in [3.05, 3.63) is 69.9 Å². The first kappa shape index (κ1) is 24.9. The summed E-state index contributed by atoms with van der Waals surface area (Å²) in [5, 5.41) is 9.99. The number of aromatic amines is 1. The number of fused-ring (bicyclic) bond motifs is 3. The fraction of sp³-hybridized carbons (Fsp3) is 0.276. The summed E-state index contributed by atoms with van der Waals surface area (Å²) in [4.78, 5) is 0.974. The Kier molecular flexibility index (Phi) is 8.06. The molecule has 0 aliphatic heterocycles. The summed E-state index contributed by atoms with van der Waals surface area (Å²) in [5.74, 6) is 8.49. The highest BCUT2D eigenvalue weighted by atomic mass is 32.1. The molecule has 37 heavy (non-hydrogen) atoms. The molecule has 1 aliphatic rings. The number of rotatable bonds is 11. The monoisotopic (exact) mass is 516 g/mol. The third-order valence-corrected chi connectivity index (χ3v) is 6.75. The first-order valence-electron chi connectivity index (χ1n) is 12.0. The number of aromatic nitrogens is 2. The van der Waals surface area contributed by atoms with E-state index in [-0.39, 0.29) is 0 Å². The normalized spacial score (nSPS) is 11.4. The van der Waals surface area contributed by atoms with Gasteiger partial charge in [-0.3, -0.25) is 5.10 Å². The minimum atomic E-state index is 0.341. The Balaban J connectivity index is 1.32. The van der Waals surface area contributed by atoms with E-state index in [9.17, 15) is 0 Å². The quantitative estimate of drug-likeness (QED) is 0.192. The van der Waals surface area contributed by atoms with Crippen molar-refractivity contribution in [1.82, 2.24) is 10.2 Å². The lowest BCUT2D eigenvalue weighted by atomic mass is 10.1. The van der Waals surface area contributed by atoms with E-state index in [0.717, 1.165) is 45.1 Å². The molecule has 2 aromatic heterocycles. The molecule has 7 nitrogen and oxygen atoms in total. The molecule has 2 aromatic carbocycles. The fourth-order valence-corrected chi connectivity index (χ4v) is 4.91. The summed E-state index contributed by atoms with van der Waals surface area (Å²) in [5.41, 5.74) is 6.42. The van der Waals surface area contributed by atoms with Gasteiger partial charge in [0.1, 0.15) is 25.6 Å². The molecule has 0 amide bonds. The maximum atomic E-state index is 5.97. The van der Waals surface area contributed by atoms with Crippen LogP contribution in [0, 0.1) is 11.8 Å². The third-order valence-electron chi connectivity index (χ3n) is 5.90. The molecule has 0 unspecified atom stereocenters. The minimum Gasteiger partial charge on any atom is -0.487 e. The van der Waals surface area contributed by atoms with Crippen LogP contribution in [0.2, 0.25) is 0 Å². The lowest BCUT2D eigenvalue weighted by Gasteiger charge is -2.14. The number of hydrogen-bond donors (Lipinski definition) is 1. The summed E-state index contributed by atoms with van der Waals surface area (Å²) in [6.45, 7) is 2.22. The summed E-state index contributed by atoms with van der Waals surface area (Å²) in [7, 11) is 3.31. The average molecular weight is 517 g/mol. The molecular weight excluding hydrogens is 488 g/mol. The van der Waals surface area contributed by atoms with E-state index in [2.05, 4.69) is 39.6 Å². The second-order valence-electron chi connectivity index (χ2n) is 8.34. The van der Waals surface area contributed by atoms with Crippen LogP contribution in [0.4, 0.5) is 0 Å². The van der Waals surface area contributed by atoms with Crippen LogP contribution in [0.3, 0.4) is 0 Å². The van der Waals surface area contributed by atoms with Crippen LogP contribution in [0.1, 0.15) is 16.0 Å². The smallest absolute Gasteiger partial charge is 0.161 e. The fourth-order valence-electron chi connectivity index (χ4n) is 4.15. The minimum absolute atomic E-state index is 0.341. The van der Waals surface area contributed by atoms with Crippen molar-refractivity contribution < 1.29 is 23.7 Å². The number of benzene rings is 2. The van der Waals surface area contributed by atoms with Gasteiger partial charge in [-0.25, -0.2) is 0 Å². The van der Waals surface area contributed by atoms with Crippen LogP contribution in [-0.2, 0) is 15.9 Å². The predicted octanol–water partition coefficient (Wildman–Crippen LogP) is 5.19. The molecule has 0 bridgehead atoms. The Morgan fingerprint density at radius 1 is 0.919 bits per heavy atom. The van der Waals surface area contributed by atoms with E-state index in [0.29, 0.717) is 44.5 Å². The molecule has 0 radical (unpaired) electrons. The van der Waals surface area contributed by atoms with Gasteiger partial charge in [-0.1, -0.05) is 30.0 Å². The second-order valence-corrected chi connectivity index (χ2v) is 9.26. The highest BCUT2D eigenvalue weighted by Crippen LogP contribution is 2.45. The number of thiophene rings is 1. The number of nitrogens with one attached hydrogen (secondary N) is 1. The van der Waals surface area contributed by atoms with E-state index in [1.807, 2.05) is 36.4 Å². The first-order valence-corrected chi connectivity index (χ1v) is 12.9. The van der Waals surface area contributed by atoms with Crippen LogP contribution in [0.15, 0.2) is 53.9 Å². The van der Waals surface area contributed by atoms with Crippen LogP contribution in [0.5, 0.6) is 17.2 Å². The van der Waals surface area contributed by atoms with Gasteiger partial charge in [0.05, 0.1) is 29.5 Å². The van der Waals surface area contributed by atoms with Crippen LogP contribution in [0.25, 0.3) is 22.5 Å². The highest BCUT2D eigenvalue weighted by molar-refractivity contribution is 7.11. The lowest BCUT2D eigenvalue weighted by molar-refractivity contribution is 0.132. The van der Waals surface area contributed by atoms with E-state index in [1.165, 1.54) is 5.56 Å². The Bertz CT molecular complexity index is 1400. The molecule has 0 saturated heterocycles. The molecule has 0 atom stereocenters. The van der Waals surface area contributed by atoms with Gasteiger partial charge in [0.25, 0.3) is 0 Å². The van der Waals surface area contributed by atoms with Crippen molar-refractivity contribution in [3.8, 4) is 51.6 Å². The van der Waals surface area contributed by atoms with Crippen molar-refractivity contribution in [3.63, 3.8) is 0 Å². The maximum Gasteiger partial charge on any atom is 0.161 e. The van der Waals surface area contributed by atoms with Crippen molar-refractivity contribution in [2.45, 2.75) is 6.42 Å². The molecule has 4 aromatic rings. The highest BCUT2D eigenvalue weighted by Gasteiger charge is 2.27. The SMILES string of the molecule is COCCOc1cc2c(cc1OCCOC)-c1[nH]nc(-c3csc(C#CCOc4ccccc4)c3)c1C2. The molecule has 0 spiro atoms. The van der Waals surface area contributed by atoms with Gasteiger partial charge in [0, 0.05) is 42.7 Å². The molecule has 0 saturated carbocycles. The summed E-state index contributed by atoms with van der Waals surface area (Å²) in [6, 6.07) is 15.9. The third kappa shape index (κ3) is 5.81.